The number of anilines is 1. The molecule has 5 nitrogen and oxygen atoms in total. The predicted octanol–water partition coefficient (Wildman–Crippen LogP) is 3.32. The van der Waals surface area contributed by atoms with Crippen molar-refractivity contribution in [1.82, 2.24) is 9.88 Å². The number of amides is 2. The first-order valence-electron chi connectivity index (χ1n) is 8.17. The molecule has 0 radical (unpaired) electrons. The van der Waals surface area contributed by atoms with Gasteiger partial charge in [-0.1, -0.05) is 6.08 Å². The number of likely N-dealkylation sites (tertiary alicyclic amines) is 1. The highest BCUT2D eigenvalue weighted by molar-refractivity contribution is 5.92. The minimum Gasteiger partial charge on any atom is -0.361 e. The van der Waals surface area contributed by atoms with Gasteiger partial charge in [0.05, 0.1) is 0 Å². The molecule has 3 rings (SSSR count). The molecule has 1 atom stereocenters. The summed E-state index contributed by atoms with van der Waals surface area (Å²) in [4.78, 5) is 17.4. The molecule has 1 aliphatic heterocycles. The third-order valence-corrected chi connectivity index (χ3v) is 4.68. The Hall–Kier alpha value is -2.27. The van der Waals surface area contributed by atoms with Crippen molar-refractivity contribution in [3.8, 4) is 0 Å². The first-order chi connectivity index (χ1) is 11.2. The van der Waals surface area contributed by atoms with Crippen LogP contribution in [0.2, 0.25) is 0 Å². The van der Waals surface area contributed by atoms with E-state index in [4.69, 9.17) is 5.73 Å². The maximum atomic E-state index is 12.4. The van der Waals surface area contributed by atoms with Crippen LogP contribution in [-0.4, -0.2) is 35.0 Å². The highest BCUT2D eigenvalue weighted by Gasteiger charge is 2.26. The van der Waals surface area contributed by atoms with E-state index in [1.807, 2.05) is 41.4 Å². The van der Waals surface area contributed by atoms with Gasteiger partial charge in [0.1, 0.15) is 0 Å². The van der Waals surface area contributed by atoms with Crippen molar-refractivity contribution >= 4 is 22.6 Å². The second kappa shape index (κ2) is 6.87. The fourth-order valence-electron chi connectivity index (χ4n) is 3.25. The smallest absolute Gasteiger partial charge is 0.321 e. The lowest BCUT2D eigenvalue weighted by molar-refractivity contribution is 0.174. The minimum absolute atomic E-state index is 0.0318. The summed E-state index contributed by atoms with van der Waals surface area (Å²) in [6, 6.07) is 8.01. The zero-order valence-corrected chi connectivity index (χ0v) is 13.3. The summed E-state index contributed by atoms with van der Waals surface area (Å²) in [5, 5.41) is 4.08. The van der Waals surface area contributed by atoms with Crippen LogP contribution >= 0.6 is 0 Å². The number of aromatic nitrogens is 1. The second-order valence-electron chi connectivity index (χ2n) is 6.22. The third-order valence-electron chi connectivity index (χ3n) is 4.68. The molecular weight excluding hydrogens is 288 g/mol. The van der Waals surface area contributed by atoms with Crippen LogP contribution in [0.1, 0.15) is 19.3 Å². The molecule has 1 aromatic heterocycles. The molecule has 1 unspecified atom stereocenters. The quantitative estimate of drug-likeness (QED) is 0.758. The number of nitrogens with zero attached hydrogens (tertiary/aromatic N) is 1. The van der Waals surface area contributed by atoms with Crippen LogP contribution in [-0.2, 0) is 0 Å². The second-order valence-corrected chi connectivity index (χ2v) is 6.22. The lowest BCUT2D eigenvalue weighted by atomic mass is 9.88. The predicted molar refractivity (Wildman–Crippen MR) is 94.4 cm³/mol. The van der Waals surface area contributed by atoms with Crippen molar-refractivity contribution < 1.29 is 4.79 Å². The van der Waals surface area contributed by atoms with Gasteiger partial charge in [-0.05, 0) is 49.4 Å². The van der Waals surface area contributed by atoms with E-state index in [0.29, 0.717) is 5.92 Å². The van der Waals surface area contributed by atoms with E-state index in [1.165, 1.54) is 0 Å². The maximum Gasteiger partial charge on any atom is 0.321 e. The molecule has 1 fully saturated rings. The largest absolute Gasteiger partial charge is 0.361 e. The third kappa shape index (κ3) is 3.56. The number of carbonyl (C=O) groups excluding carboxylic acids is 1. The summed E-state index contributed by atoms with van der Waals surface area (Å²) in [5.74, 6) is 0.480. The lowest BCUT2D eigenvalue weighted by Gasteiger charge is -2.34. The van der Waals surface area contributed by atoms with Crippen LogP contribution in [0.15, 0.2) is 43.1 Å². The molecule has 0 bridgehead atoms. The van der Waals surface area contributed by atoms with Gasteiger partial charge < -0.3 is 20.9 Å². The highest BCUT2D eigenvalue weighted by atomic mass is 16.2. The van der Waals surface area contributed by atoms with Gasteiger partial charge in [-0.15, -0.1) is 6.58 Å². The molecule has 2 aromatic rings. The number of carbonyl (C=O) groups is 1. The molecule has 1 aromatic carbocycles. The van der Waals surface area contributed by atoms with Crippen LogP contribution in [0.25, 0.3) is 10.9 Å². The van der Waals surface area contributed by atoms with E-state index in [-0.39, 0.29) is 12.1 Å². The molecular formula is C18H24N4O. The van der Waals surface area contributed by atoms with Gasteiger partial charge in [0, 0.05) is 41.9 Å². The fraction of sp³-hybridized carbons (Fsp3) is 0.389. The van der Waals surface area contributed by atoms with E-state index in [1.54, 1.807) is 0 Å². The average molecular weight is 312 g/mol. The molecule has 0 spiro atoms. The molecule has 122 valence electrons. The Balaban J connectivity index is 1.56. The molecule has 4 N–H and O–H groups in total. The fourth-order valence-corrected chi connectivity index (χ4v) is 3.25. The molecule has 1 saturated heterocycles. The van der Waals surface area contributed by atoms with E-state index in [0.717, 1.165) is 48.9 Å². The van der Waals surface area contributed by atoms with Crippen LogP contribution in [0.4, 0.5) is 10.5 Å². The molecule has 23 heavy (non-hydrogen) atoms. The Morgan fingerprint density at radius 2 is 2.22 bits per heavy atom. The van der Waals surface area contributed by atoms with Gasteiger partial charge in [-0.2, -0.15) is 0 Å². The zero-order valence-electron chi connectivity index (χ0n) is 13.3. The van der Waals surface area contributed by atoms with E-state index in [2.05, 4.69) is 16.9 Å². The molecule has 1 aliphatic rings. The molecule has 0 aliphatic carbocycles. The number of urea groups is 1. The van der Waals surface area contributed by atoms with Crippen LogP contribution in [0.3, 0.4) is 0 Å². The Bertz CT molecular complexity index is 685. The Kier molecular flexibility index (Phi) is 4.67. The van der Waals surface area contributed by atoms with Gasteiger partial charge in [0.2, 0.25) is 0 Å². The van der Waals surface area contributed by atoms with Crippen molar-refractivity contribution in [3.05, 3.63) is 43.1 Å². The van der Waals surface area contributed by atoms with Gasteiger partial charge in [0.15, 0.2) is 0 Å². The molecule has 2 amide bonds. The number of hydrogen-bond acceptors (Lipinski definition) is 2. The monoisotopic (exact) mass is 312 g/mol. The Labute approximate surface area is 136 Å². The summed E-state index contributed by atoms with van der Waals surface area (Å²) in [7, 11) is 0. The van der Waals surface area contributed by atoms with E-state index >= 15 is 0 Å². The number of benzene rings is 1. The summed E-state index contributed by atoms with van der Waals surface area (Å²) >= 11 is 0. The number of H-pyrrole nitrogens is 1. The van der Waals surface area contributed by atoms with Crippen LogP contribution < -0.4 is 11.1 Å². The van der Waals surface area contributed by atoms with Crippen molar-refractivity contribution in [2.75, 3.05) is 18.4 Å². The van der Waals surface area contributed by atoms with Gasteiger partial charge >= 0.3 is 6.03 Å². The van der Waals surface area contributed by atoms with Crippen molar-refractivity contribution in [2.45, 2.75) is 25.3 Å². The summed E-state index contributed by atoms with van der Waals surface area (Å²) in [5.41, 5.74) is 8.05. The average Bonchev–Trinajstić information content (AvgIpc) is 3.03. The van der Waals surface area contributed by atoms with Gasteiger partial charge in [0.25, 0.3) is 0 Å². The molecule has 5 heteroatoms. The number of piperidine rings is 1. The number of nitrogens with two attached hydrogens (primary N) is 1. The first kappa shape index (κ1) is 15.6. The first-order valence-corrected chi connectivity index (χ1v) is 8.17. The SMILES string of the molecule is C=CCC(N)C1CCN(C(=O)Nc2ccc3[nH]ccc3c2)CC1. The van der Waals surface area contributed by atoms with Crippen LogP contribution in [0, 0.1) is 5.92 Å². The van der Waals surface area contributed by atoms with E-state index in [9.17, 15) is 4.79 Å². The summed E-state index contributed by atoms with van der Waals surface area (Å²) < 4.78 is 0. The topological polar surface area (TPSA) is 74.2 Å². The number of aromatic amines is 1. The normalized spacial score (nSPS) is 17.2. The van der Waals surface area contributed by atoms with Crippen molar-refractivity contribution in [2.24, 2.45) is 11.7 Å². The van der Waals surface area contributed by atoms with Gasteiger partial charge in [-0.3, -0.25) is 0 Å². The number of fused-ring (bicyclic) bond motifs is 1. The lowest BCUT2D eigenvalue weighted by Crippen LogP contribution is -2.44. The maximum absolute atomic E-state index is 12.4. The Morgan fingerprint density at radius 3 is 2.96 bits per heavy atom. The highest BCUT2D eigenvalue weighted by Crippen LogP contribution is 2.23. The van der Waals surface area contributed by atoms with E-state index < -0.39 is 0 Å². The Morgan fingerprint density at radius 1 is 1.43 bits per heavy atom. The minimum atomic E-state index is -0.0318. The van der Waals surface area contributed by atoms with Gasteiger partial charge in [-0.25, -0.2) is 4.79 Å². The summed E-state index contributed by atoms with van der Waals surface area (Å²) in [6.07, 6.45) is 6.53. The number of rotatable bonds is 4. The van der Waals surface area contributed by atoms with Crippen molar-refractivity contribution in [3.63, 3.8) is 0 Å². The summed E-state index contributed by atoms with van der Waals surface area (Å²) in [6.45, 7) is 5.26. The number of hydrogen-bond donors (Lipinski definition) is 3. The molecule has 2 heterocycles. The van der Waals surface area contributed by atoms with Crippen molar-refractivity contribution in [1.29, 1.82) is 0 Å². The van der Waals surface area contributed by atoms with Crippen LogP contribution in [0.5, 0.6) is 0 Å². The standard InChI is InChI=1S/C18H24N4O/c1-2-3-16(19)13-7-10-22(11-8-13)18(23)21-15-4-5-17-14(12-15)6-9-20-17/h2,4-6,9,12-13,16,20H,1,3,7-8,10-11,19H2,(H,21,23). The molecule has 0 saturated carbocycles. The number of nitrogens with one attached hydrogen (secondary N) is 2. The zero-order chi connectivity index (χ0) is 16.2.